The minimum atomic E-state index is -0.456. The molecule has 4 nitrogen and oxygen atoms in total. The summed E-state index contributed by atoms with van der Waals surface area (Å²) in [4.78, 5) is 14.2. The fraction of sp³-hybridized carbons (Fsp3) is 0.381. The molecule has 0 radical (unpaired) electrons. The number of likely N-dealkylation sites (tertiary alicyclic amines) is 1. The number of piperidine rings is 1. The molecule has 0 spiro atoms. The summed E-state index contributed by atoms with van der Waals surface area (Å²) < 4.78 is 5.60. The van der Waals surface area contributed by atoms with Gasteiger partial charge in [0.2, 0.25) is 0 Å². The Morgan fingerprint density at radius 1 is 1.16 bits per heavy atom. The number of carbonyl (C=O) groups excluding carboxylic acids is 1. The van der Waals surface area contributed by atoms with E-state index >= 15 is 0 Å². The number of aliphatic hydroxyl groups is 1. The number of aliphatic hydroxyl groups excluding tert-OH is 1. The normalized spacial score (nSPS) is 16.5. The van der Waals surface area contributed by atoms with Crippen LogP contribution in [0.4, 0.5) is 0 Å². The van der Waals surface area contributed by atoms with Crippen molar-refractivity contribution in [1.82, 2.24) is 4.90 Å². The predicted octanol–water partition coefficient (Wildman–Crippen LogP) is 3.35. The molecule has 132 valence electrons. The number of ether oxygens (including phenoxy) is 1. The second kappa shape index (κ2) is 8.17. The molecule has 25 heavy (non-hydrogen) atoms. The number of benzene rings is 2. The van der Waals surface area contributed by atoms with Crippen molar-refractivity contribution < 1.29 is 14.6 Å². The maximum absolute atomic E-state index is 12.3. The monoisotopic (exact) mass is 339 g/mol. The summed E-state index contributed by atoms with van der Waals surface area (Å²) in [7, 11) is 0. The Bertz CT molecular complexity index is 693. The van der Waals surface area contributed by atoms with Crippen LogP contribution in [-0.2, 0) is 4.79 Å². The molecule has 4 heteroatoms. The van der Waals surface area contributed by atoms with Crippen molar-refractivity contribution in [3.63, 3.8) is 0 Å². The molecular weight excluding hydrogens is 314 g/mol. The summed E-state index contributed by atoms with van der Waals surface area (Å²) in [5, 5.41) is 10.5. The van der Waals surface area contributed by atoms with Crippen molar-refractivity contribution in [1.29, 1.82) is 0 Å². The fourth-order valence-corrected chi connectivity index (χ4v) is 3.33. The largest absolute Gasteiger partial charge is 0.484 e. The van der Waals surface area contributed by atoms with Gasteiger partial charge in [0.05, 0.1) is 6.10 Å². The van der Waals surface area contributed by atoms with Crippen LogP contribution < -0.4 is 4.74 Å². The molecule has 0 saturated carbocycles. The molecule has 1 unspecified atom stereocenters. The van der Waals surface area contributed by atoms with Crippen molar-refractivity contribution >= 4 is 5.91 Å². The third-order valence-corrected chi connectivity index (χ3v) is 4.83. The Morgan fingerprint density at radius 2 is 1.88 bits per heavy atom. The highest BCUT2D eigenvalue weighted by atomic mass is 16.5. The first kappa shape index (κ1) is 17.5. The zero-order valence-corrected chi connectivity index (χ0v) is 14.6. The molecule has 1 N–H and O–H groups in total. The van der Waals surface area contributed by atoms with Crippen LogP contribution in [0, 0.1) is 12.8 Å². The van der Waals surface area contributed by atoms with Gasteiger partial charge in [-0.1, -0.05) is 42.5 Å². The minimum absolute atomic E-state index is 0.00848. The van der Waals surface area contributed by atoms with Gasteiger partial charge in [-0.15, -0.1) is 0 Å². The van der Waals surface area contributed by atoms with E-state index in [9.17, 15) is 9.90 Å². The first-order valence-electron chi connectivity index (χ1n) is 8.84. The molecule has 0 bridgehead atoms. The van der Waals surface area contributed by atoms with Crippen LogP contribution in [0.15, 0.2) is 54.6 Å². The van der Waals surface area contributed by atoms with Crippen LogP contribution in [0.5, 0.6) is 5.75 Å². The van der Waals surface area contributed by atoms with Crippen LogP contribution in [0.3, 0.4) is 0 Å². The van der Waals surface area contributed by atoms with Gasteiger partial charge in [0, 0.05) is 13.1 Å². The van der Waals surface area contributed by atoms with E-state index in [1.807, 2.05) is 66.4 Å². The second-order valence-electron chi connectivity index (χ2n) is 6.68. The lowest BCUT2D eigenvalue weighted by Gasteiger charge is -2.34. The molecule has 1 heterocycles. The fourth-order valence-electron chi connectivity index (χ4n) is 3.33. The molecule has 1 atom stereocenters. The van der Waals surface area contributed by atoms with Crippen LogP contribution >= 0.6 is 0 Å². The van der Waals surface area contributed by atoms with Crippen molar-refractivity contribution in [3.05, 3.63) is 65.7 Å². The Labute approximate surface area is 149 Å². The molecule has 0 aliphatic carbocycles. The van der Waals surface area contributed by atoms with Crippen LogP contribution in [0.1, 0.15) is 30.1 Å². The van der Waals surface area contributed by atoms with E-state index in [2.05, 4.69) is 0 Å². The van der Waals surface area contributed by atoms with Gasteiger partial charge in [0.1, 0.15) is 5.75 Å². The highest BCUT2D eigenvalue weighted by Crippen LogP contribution is 2.30. The van der Waals surface area contributed by atoms with Crippen molar-refractivity contribution in [3.8, 4) is 5.75 Å². The van der Waals surface area contributed by atoms with Crippen LogP contribution in [-0.4, -0.2) is 35.6 Å². The molecule has 1 amide bonds. The van der Waals surface area contributed by atoms with E-state index in [-0.39, 0.29) is 18.4 Å². The topological polar surface area (TPSA) is 49.8 Å². The number of aryl methyl sites for hydroxylation is 1. The number of hydrogen-bond donors (Lipinski definition) is 1. The number of carbonyl (C=O) groups is 1. The average molecular weight is 339 g/mol. The van der Waals surface area contributed by atoms with E-state index in [0.717, 1.165) is 29.7 Å². The molecular formula is C21H25NO3. The molecule has 1 aliphatic heterocycles. The van der Waals surface area contributed by atoms with Gasteiger partial charge in [-0.05, 0) is 48.9 Å². The van der Waals surface area contributed by atoms with E-state index in [1.165, 1.54) is 0 Å². The first-order valence-corrected chi connectivity index (χ1v) is 8.84. The van der Waals surface area contributed by atoms with Gasteiger partial charge in [0.15, 0.2) is 6.61 Å². The van der Waals surface area contributed by atoms with Crippen molar-refractivity contribution in [2.75, 3.05) is 19.7 Å². The Morgan fingerprint density at radius 3 is 2.56 bits per heavy atom. The molecule has 3 rings (SSSR count). The third-order valence-electron chi connectivity index (χ3n) is 4.83. The van der Waals surface area contributed by atoms with E-state index in [4.69, 9.17) is 4.74 Å². The Kier molecular flexibility index (Phi) is 5.71. The molecule has 2 aromatic rings. The molecule has 1 aliphatic rings. The van der Waals surface area contributed by atoms with Gasteiger partial charge in [-0.3, -0.25) is 4.79 Å². The van der Waals surface area contributed by atoms with Gasteiger partial charge in [-0.2, -0.15) is 0 Å². The van der Waals surface area contributed by atoms with E-state index in [0.29, 0.717) is 13.1 Å². The summed E-state index contributed by atoms with van der Waals surface area (Å²) in [6.45, 7) is 3.40. The van der Waals surface area contributed by atoms with Crippen molar-refractivity contribution in [2.24, 2.45) is 5.92 Å². The summed E-state index contributed by atoms with van der Waals surface area (Å²) in [5.74, 6) is 0.932. The van der Waals surface area contributed by atoms with Gasteiger partial charge in [-0.25, -0.2) is 0 Å². The summed E-state index contributed by atoms with van der Waals surface area (Å²) in [5.41, 5.74) is 2.07. The summed E-state index contributed by atoms with van der Waals surface area (Å²) in [6.07, 6.45) is 1.17. The third kappa shape index (κ3) is 4.60. The van der Waals surface area contributed by atoms with Gasteiger partial charge >= 0.3 is 0 Å². The first-order chi connectivity index (χ1) is 12.1. The SMILES string of the molecule is Cc1cccc(OCC(=O)N2CCC(C(O)c3ccccc3)CC2)c1. The summed E-state index contributed by atoms with van der Waals surface area (Å²) >= 11 is 0. The van der Waals surface area contributed by atoms with E-state index < -0.39 is 6.10 Å². The second-order valence-corrected chi connectivity index (χ2v) is 6.68. The Hall–Kier alpha value is -2.33. The number of hydrogen-bond acceptors (Lipinski definition) is 3. The smallest absolute Gasteiger partial charge is 0.260 e. The highest BCUT2D eigenvalue weighted by molar-refractivity contribution is 5.77. The maximum Gasteiger partial charge on any atom is 0.260 e. The predicted molar refractivity (Wildman–Crippen MR) is 97.4 cm³/mol. The highest BCUT2D eigenvalue weighted by Gasteiger charge is 2.28. The molecule has 0 aromatic heterocycles. The average Bonchev–Trinajstić information content (AvgIpc) is 2.66. The summed E-state index contributed by atoms with van der Waals surface area (Å²) in [6, 6.07) is 17.5. The van der Waals surface area contributed by atoms with Gasteiger partial charge in [0.25, 0.3) is 5.91 Å². The minimum Gasteiger partial charge on any atom is -0.484 e. The standard InChI is InChI=1S/C21H25NO3/c1-16-6-5-9-19(14-16)25-15-20(23)22-12-10-18(11-13-22)21(24)17-7-3-2-4-8-17/h2-9,14,18,21,24H,10-13,15H2,1H3. The molecule has 1 saturated heterocycles. The van der Waals surface area contributed by atoms with Crippen LogP contribution in [0.25, 0.3) is 0 Å². The van der Waals surface area contributed by atoms with E-state index in [1.54, 1.807) is 0 Å². The molecule has 2 aromatic carbocycles. The lowest BCUT2D eigenvalue weighted by atomic mass is 9.87. The zero-order valence-electron chi connectivity index (χ0n) is 14.6. The number of nitrogens with zero attached hydrogens (tertiary/aromatic N) is 1. The lowest BCUT2D eigenvalue weighted by molar-refractivity contribution is -0.135. The quantitative estimate of drug-likeness (QED) is 0.909. The Balaban J connectivity index is 1.47. The van der Waals surface area contributed by atoms with Gasteiger partial charge < -0.3 is 14.7 Å². The lowest BCUT2D eigenvalue weighted by Crippen LogP contribution is -2.42. The maximum atomic E-state index is 12.3. The number of amides is 1. The molecule has 1 fully saturated rings. The van der Waals surface area contributed by atoms with Crippen molar-refractivity contribution in [2.45, 2.75) is 25.9 Å². The zero-order chi connectivity index (χ0) is 17.6. The van der Waals surface area contributed by atoms with Crippen LogP contribution in [0.2, 0.25) is 0 Å². The number of rotatable bonds is 5.